The Labute approximate surface area is 92.9 Å². The van der Waals surface area contributed by atoms with Gasteiger partial charge >= 0.3 is 9.53 Å². The second-order valence-electron chi connectivity index (χ2n) is 2.89. The van der Waals surface area contributed by atoms with Crippen molar-refractivity contribution in [2.75, 3.05) is 13.2 Å². The summed E-state index contributed by atoms with van der Waals surface area (Å²) < 4.78 is 16.3. The molecule has 0 atom stereocenters. The maximum absolute atomic E-state index is 5.57. The van der Waals surface area contributed by atoms with Gasteiger partial charge in [0.1, 0.15) is 0 Å². The van der Waals surface area contributed by atoms with Crippen molar-refractivity contribution in [3.63, 3.8) is 0 Å². The van der Waals surface area contributed by atoms with Gasteiger partial charge in [0.25, 0.3) is 0 Å². The molecule has 0 unspecified atom stereocenters. The molecule has 0 spiro atoms. The van der Waals surface area contributed by atoms with E-state index < -0.39 is 9.53 Å². The first-order valence-electron chi connectivity index (χ1n) is 5.16. The molecule has 3 nitrogen and oxygen atoms in total. The Morgan fingerprint density at radius 3 is 2.07 bits per heavy atom. The highest BCUT2D eigenvalue weighted by atomic mass is 28.3. The minimum atomic E-state index is -1.54. The summed E-state index contributed by atoms with van der Waals surface area (Å²) in [4.78, 5) is 0. The standard InChI is InChI=1S/C11H17O3Si/c1-3-12-15(13-4-2)14-10-11-8-6-5-7-9-11/h5-9H,3-4,10H2,1-2H3. The van der Waals surface area contributed by atoms with E-state index in [2.05, 4.69) is 0 Å². The lowest BCUT2D eigenvalue weighted by molar-refractivity contribution is 0.0961. The molecule has 0 saturated heterocycles. The fourth-order valence-electron chi connectivity index (χ4n) is 1.08. The topological polar surface area (TPSA) is 27.7 Å². The predicted octanol–water partition coefficient (Wildman–Crippen LogP) is 2.26. The second kappa shape index (κ2) is 7.59. The van der Waals surface area contributed by atoms with E-state index in [1.807, 2.05) is 44.2 Å². The van der Waals surface area contributed by atoms with Gasteiger partial charge in [-0.1, -0.05) is 30.3 Å². The average Bonchev–Trinajstić information content (AvgIpc) is 2.28. The fourth-order valence-corrected chi connectivity index (χ4v) is 2.08. The van der Waals surface area contributed by atoms with Gasteiger partial charge in [-0.25, -0.2) is 0 Å². The Balaban J connectivity index is 2.33. The summed E-state index contributed by atoms with van der Waals surface area (Å²) in [5.41, 5.74) is 1.14. The summed E-state index contributed by atoms with van der Waals surface area (Å²) >= 11 is 0. The maximum atomic E-state index is 5.57. The minimum Gasteiger partial charge on any atom is -0.371 e. The van der Waals surface area contributed by atoms with Gasteiger partial charge in [-0.2, -0.15) is 0 Å². The zero-order valence-electron chi connectivity index (χ0n) is 9.23. The van der Waals surface area contributed by atoms with Crippen LogP contribution in [0.5, 0.6) is 0 Å². The largest absolute Gasteiger partial charge is 0.578 e. The van der Waals surface area contributed by atoms with Crippen molar-refractivity contribution in [1.82, 2.24) is 0 Å². The van der Waals surface area contributed by atoms with Gasteiger partial charge in [0.15, 0.2) is 0 Å². The zero-order chi connectivity index (χ0) is 10.9. The van der Waals surface area contributed by atoms with Crippen molar-refractivity contribution in [1.29, 1.82) is 0 Å². The normalized spacial score (nSPS) is 10.9. The number of rotatable bonds is 7. The molecule has 4 heteroatoms. The molecule has 15 heavy (non-hydrogen) atoms. The first kappa shape index (κ1) is 12.4. The van der Waals surface area contributed by atoms with Gasteiger partial charge in [0.2, 0.25) is 0 Å². The molecular formula is C11H17O3Si. The molecular weight excluding hydrogens is 208 g/mol. The maximum Gasteiger partial charge on any atom is 0.578 e. The van der Waals surface area contributed by atoms with Gasteiger partial charge in [-0.3, -0.25) is 0 Å². The van der Waals surface area contributed by atoms with E-state index in [9.17, 15) is 0 Å². The van der Waals surface area contributed by atoms with Gasteiger partial charge in [0.05, 0.1) is 6.61 Å². The van der Waals surface area contributed by atoms with E-state index in [1.165, 1.54) is 0 Å². The molecule has 0 amide bonds. The van der Waals surface area contributed by atoms with Gasteiger partial charge in [-0.05, 0) is 19.4 Å². The van der Waals surface area contributed by atoms with Crippen LogP contribution in [-0.4, -0.2) is 22.7 Å². The summed E-state index contributed by atoms with van der Waals surface area (Å²) in [5.74, 6) is 0. The van der Waals surface area contributed by atoms with E-state index in [0.717, 1.165) is 5.56 Å². The molecule has 0 saturated carbocycles. The van der Waals surface area contributed by atoms with E-state index >= 15 is 0 Å². The van der Waals surface area contributed by atoms with Crippen molar-refractivity contribution in [3.05, 3.63) is 35.9 Å². The second-order valence-corrected chi connectivity index (χ2v) is 4.26. The van der Waals surface area contributed by atoms with Crippen LogP contribution in [0.4, 0.5) is 0 Å². The molecule has 0 aliphatic carbocycles. The van der Waals surface area contributed by atoms with Crippen LogP contribution in [0, 0.1) is 0 Å². The van der Waals surface area contributed by atoms with Crippen molar-refractivity contribution < 1.29 is 13.3 Å². The van der Waals surface area contributed by atoms with Crippen LogP contribution in [0.1, 0.15) is 19.4 Å². The lowest BCUT2D eigenvalue weighted by atomic mass is 10.2. The minimum absolute atomic E-state index is 0.551. The Hall–Kier alpha value is -0.683. The van der Waals surface area contributed by atoms with Crippen LogP contribution in [0.2, 0.25) is 0 Å². The summed E-state index contributed by atoms with van der Waals surface area (Å²) in [5, 5.41) is 0. The molecule has 0 aliphatic rings. The fraction of sp³-hybridized carbons (Fsp3) is 0.455. The Bertz CT molecular complexity index is 247. The summed E-state index contributed by atoms with van der Waals surface area (Å²) in [6.07, 6.45) is 0. The van der Waals surface area contributed by atoms with Crippen LogP contribution in [0.25, 0.3) is 0 Å². The van der Waals surface area contributed by atoms with E-state index in [1.54, 1.807) is 0 Å². The Morgan fingerprint density at radius 1 is 0.933 bits per heavy atom. The molecule has 0 bridgehead atoms. The van der Waals surface area contributed by atoms with Gasteiger partial charge < -0.3 is 13.3 Å². The highest BCUT2D eigenvalue weighted by Gasteiger charge is 2.17. The van der Waals surface area contributed by atoms with Crippen LogP contribution >= 0.6 is 0 Å². The highest BCUT2D eigenvalue weighted by Crippen LogP contribution is 2.03. The molecule has 1 radical (unpaired) electrons. The molecule has 1 aromatic rings. The Morgan fingerprint density at radius 2 is 1.53 bits per heavy atom. The molecule has 1 aromatic carbocycles. The van der Waals surface area contributed by atoms with Crippen LogP contribution in [0.3, 0.4) is 0 Å². The lowest BCUT2D eigenvalue weighted by Crippen LogP contribution is -2.27. The van der Waals surface area contributed by atoms with Crippen molar-refractivity contribution >= 4 is 9.53 Å². The SMILES string of the molecule is CCO[Si](OCC)OCc1ccccc1. The first-order valence-corrected chi connectivity index (χ1v) is 6.38. The van der Waals surface area contributed by atoms with Crippen molar-refractivity contribution in [3.8, 4) is 0 Å². The van der Waals surface area contributed by atoms with Crippen LogP contribution < -0.4 is 0 Å². The number of hydrogen-bond donors (Lipinski definition) is 0. The first-order chi connectivity index (χ1) is 7.36. The molecule has 1 rings (SSSR count). The number of benzene rings is 1. The molecule has 0 aromatic heterocycles. The van der Waals surface area contributed by atoms with E-state index in [-0.39, 0.29) is 0 Å². The molecule has 0 aliphatic heterocycles. The van der Waals surface area contributed by atoms with Crippen molar-refractivity contribution in [2.24, 2.45) is 0 Å². The lowest BCUT2D eigenvalue weighted by Gasteiger charge is -2.12. The third-order valence-corrected chi connectivity index (χ3v) is 3.15. The summed E-state index contributed by atoms with van der Waals surface area (Å²) in [6.45, 7) is 5.69. The zero-order valence-corrected chi connectivity index (χ0v) is 10.2. The monoisotopic (exact) mass is 225 g/mol. The van der Waals surface area contributed by atoms with Crippen molar-refractivity contribution in [2.45, 2.75) is 20.5 Å². The van der Waals surface area contributed by atoms with Gasteiger partial charge in [0, 0.05) is 13.2 Å². The predicted molar refractivity (Wildman–Crippen MR) is 60.2 cm³/mol. The number of hydrogen-bond acceptors (Lipinski definition) is 3. The average molecular weight is 225 g/mol. The molecule has 0 fully saturated rings. The summed E-state index contributed by atoms with van der Waals surface area (Å²) in [6, 6.07) is 10.0. The third-order valence-electron chi connectivity index (χ3n) is 1.72. The molecule has 0 heterocycles. The Kier molecular flexibility index (Phi) is 6.27. The quantitative estimate of drug-likeness (QED) is 0.666. The summed E-state index contributed by atoms with van der Waals surface area (Å²) in [7, 11) is -1.54. The third kappa shape index (κ3) is 5.08. The van der Waals surface area contributed by atoms with Crippen LogP contribution in [-0.2, 0) is 19.9 Å². The van der Waals surface area contributed by atoms with Gasteiger partial charge in [-0.15, -0.1) is 0 Å². The molecule has 0 N–H and O–H groups in total. The van der Waals surface area contributed by atoms with Crippen LogP contribution in [0.15, 0.2) is 30.3 Å². The van der Waals surface area contributed by atoms with E-state index in [0.29, 0.717) is 19.8 Å². The smallest absolute Gasteiger partial charge is 0.371 e. The molecule has 83 valence electrons. The van der Waals surface area contributed by atoms with E-state index in [4.69, 9.17) is 13.3 Å². The highest BCUT2D eigenvalue weighted by molar-refractivity contribution is 6.36.